The average molecular weight is 299 g/mol. The van der Waals surface area contributed by atoms with Crippen LogP contribution >= 0.6 is 0 Å². The molecule has 1 rings (SSSR count). The van der Waals surface area contributed by atoms with Crippen LogP contribution in [0.25, 0.3) is 0 Å². The number of hydrogen-bond acceptors (Lipinski definition) is 5. The molecule has 110 valence electrons. The van der Waals surface area contributed by atoms with Gasteiger partial charge < -0.3 is 5.32 Å². The van der Waals surface area contributed by atoms with Crippen molar-refractivity contribution in [1.29, 1.82) is 0 Å². The first kappa shape index (κ1) is 16.1. The van der Waals surface area contributed by atoms with Crippen molar-refractivity contribution in [2.24, 2.45) is 5.92 Å². The highest BCUT2D eigenvalue weighted by molar-refractivity contribution is 7.90. The van der Waals surface area contributed by atoms with E-state index in [0.717, 1.165) is 0 Å². The highest BCUT2D eigenvalue weighted by atomic mass is 32.2. The van der Waals surface area contributed by atoms with Gasteiger partial charge >= 0.3 is 0 Å². The summed E-state index contributed by atoms with van der Waals surface area (Å²) < 4.78 is 25.1. The highest BCUT2D eigenvalue weighted by Crippen LogP contribution is 1.96. The summed E-state index contributed by atoms with van der Waals surface area (Å²) in [6.07, 6.45) is 2.93. The predicted molar refractivity (Wildman–Crippen MR) is 73.3 cm³/mol. The van der Waals surface area contributed by atoms with E-state index in [2.05, 4.69) is 10.3 Å². The fourth-order valence-electron chi connectivity index (χ4n) is 1.23. The zero-order chi connectivity index (χ0) is 15.2. The zero-order valence-corrected chi connectivity index (χ0v) is 12.1. The summed E-state index contributed by atoms with van der Waals surface area (Å²) >= 11 is 0. The molecule has 8 heteroatoms. The molecule has 0 radical (unpaired) electrons. The first-order valence-corrected chi connectivity index (χ1v) is 7.69. The van der Waals surface area contributed by atoms with Gasteiger partial charge in [-0.25, -0.2) is 8.42 Å². The van der Waals surface area contributed by atoms with Crippen molar-refractivity contribution in [3.63, 3.8) is 0 Å². The Morgan fingerprint density at radius 2 is 1.85 bits per heavy atom. The van der Waals surface area contributed by atoms with Crippen LogP contribution < -0.4 is 10.0 Å². The second kappa shape index (κ2) is 6.99. The van der Waals surface area contributed by atoms with Crippen LogP contribution in [0.1, 0.15) is 24.2 Å². The van der Waals surface area contributed by atoms with E-state index in [-0.39, 0.29) is 12.3 Å². The average Bonchev–Trinajstić information content (AvgIpc) is 2.38. The van der Waals surface area contributed by atoms with Crippen molar-refractivity contribution in [1.82, 2.24) is 15.0 Å². The minimum absolute atomic E-state index is 0.0815. The molecule has 1 aromatic rings. The van der Waals surface area contributed by atoms with E-state index in [1.807, 2.05) is 4.72 Å². The molecular weight excluding hydrogens is 282 g/mol. The largest absolute Gasteiger partial charge is 0.351 e. The van der Waals surface area contributed by atoms with Gasteiger partial charge in [-0.3, -0.25) is 19.3 Å². The number of sulfonamides is 1. The molecule has 2 amide bonds. The molecule has 2 N–H and O–H groups in total. The Morgan fingerprint density at radius 3 is 2.40 bits per heavy atom. The molecule has 20 heavy (non-hydrogen) atoms. The van der Waals surface area contributed by atoms with Crippen molar-refractivity contribution in [3.8, 4) is 0 Å². The smallest absolute Gasteiger partial charge is 0.251 e. The molecule has 1 heterocycles. The fraction of sp³-hybridized carbons (Fsp3) is 0.417. The number of carbonyl (C=O) groups excluding carboxylic acids is 2. The lowest BCUT2D eigenvalue weighted by molar-refractivity contribution is -0.122. The number of nitrogens with one attached hydrogen (secondary N) is 2. The van der Waals surface area contributed by atoms with Crippen LogP contribution in [-0.2, 0) is 14.8 Å². The maximum absolute atomic E-state index is 11.6. The van der Waals surface area contributed by atoms with Gasteiger partial charge in [0.1, 0.15) is 0 Å². The summed E-state index contributed by atoms with van der Waals surface area (Å²) in [5.74, 6) is -1.73. The van der Waals surface area contributed by atoms with Crippen LogP contribution in [-0.4, -0.2) is 37.5 Å². The van der Waals surface area contributed by atoms with Gasteiger partial charge in [0.05, 0.1) is 5.75 Å². The molecule has 0 fully saturated rings. The van der Waals surface area contributed by atoms with Crippen LogP contribution in [0.3, 0.4) is 0 Å². The number of aromatic nitrogens is 1. The van der Waals surface area contributed by atoms with Crippen LogP contribution in [0.15, 0.2) is 24.5 Å². The van der Waals surface area contributed by atoms with Gasteiger partial charge in [-0.15, -0.1) is 0 Å². The third kappa shape index (κ3) is 5.35. The number of hydrogen-bond donors (Lipinski definition) is 2. The van der Waals surface area contributed by atoms with Crippen LogP contribution in [0.4, 0.5) is 0 Å². The first-order valence-electron chi connectivity index (χ1n) is 6.04. The minimum atomic E-state index is -3.73. The Kier molecular flexibility index (Phi) is 5.63. The first-order chi connectivity index (χ1) is 9.32. The molecule has 0 aliphatic heterocycles. The molecular formula is C12H17N3O4S. The number of pyridine rings is 1. The van der Waals surface area contributed by atoms with Crippen LogP contribution in [0, 0.1) is 5.92 Å². The number of nitrogens with zero attached hydrogens (tertiary/aromatic N) is 1. The summed E-state index contributed by atoms with van der Waals surface area (Å²) in [5.41, 5.74) is 0.392. The number of rotatable bonds is 6. The Labute approximate surface area is 117 Å². The van der Waals surface area contributed by atoms with E-state index in [1.54, 1.807) is 13.8 Å². The van der Waals surface area contributed by atoms with Gasteiger partial charge in [0.2, 0.25) is 15.9 Å². The van der Waals surface area contributed by atoms with Gasteiger partial charge in [-0.2, -0.15) is 0 Å². The molecule has 0 unspecified atom stereocenters. The molecule has 7 nitrogen and oxygen atoms in total. The molecule has 0 atom stereocenters. The molecule has 0 aliphatic carbocycles. The van der Waals surface area contributed by atoms with E-state index in [4.69, 9.17) is 0 Å². The minimum Gasteiger partial charge on any atom is -0.351 e. The Morgan fingerprint density at radius 1 is 1.25 bits per heavy atom. The van der Waals surface area contributed by atoms with Gasteiger partial charge in [0.15, 0.2) is 0 Å². The lowest BCUT2D eigenvalue weighted by Gasteiger charge is -2.09. The van der Waals surface area contributed by atoms with Crippen molar-refractivity contribution in [3.05, 3.63) is 30.1 Å². The molecule has 0 bridgehead atoms. The SMILES string of the molecule is CC(C)C(=O)NS(=O)(=O)CCNC(=O)c1ccncc1. The molecule has 0 saturated carbocycles. The monoisotopic (exact) mass is 299 g/mol. The molecule has 0 saturated heterocycles. The summed E-state index contributed by atoms with van der Waals surface area (Å²) in [4.78, 5) is 26.7. The quantitative estimate of drug-likeness (QED) is 0.764. The number of carbonyl (C=O) groups is 2. The predicted octanol–water partition coefficient (Wildman–Crippen LogP) is -0.0866. The Hall–Kier alpha value is -1.96. The normalized spacial score (nSPS) is 11.2. The topological polar surface area (TPSA) is 105 Å². The summed E-state index contributed by atoms with van der Waals surface area (Å²) in [5, 5.41) is 2.46. The fourth-order valence-corrected chi connectivity index (χ4v) is 2.24. The maximum Gasteiger partial charge on any atom is 0.251 e. The van der Waals surface area contributed by atoms with Crippen molar-refractivity contribution < 1.29 is 18.0 Å². The van der Waals surface area contributed by atoms with E-state index in [1.165, 1.54) is 24.5 Å². The van der Waals surface area contributed by atoms with Crippen molar-refractivity contribution >= 4 is 21.8 Å². The number of amides is 2. The molecule has 0 aromatic carbocycles. The standard InChI is InChI=1S/C12H17N3O4S/c1-9(2)11(16)15-20(18,19)8-7-14-12(17)10-3-5-13-6-4-10/h3-6,9H,7-8H2,1-2H3,(H,14,17)(H,15,16). The van der Waals surface area contributed by atoms with Crippen LogP contribution in [0.5, 0.6) is 0 Å². The Bertz CT molecular complexity index is 570. The van der Waals surface area contributed by atoms with E-state index in [0.29, 0.717) is 5.56 Å². The molecule has 0 spiro atoms. The van der Waals surface area contributed by atoms with Crippen molar-refractivity contribution in [2.75, 3.05) is 12.3 Å². The second-order valence-corrected chi connectivity index (χ2v) is 6.27. The van der Waals surface area contributed by atoms with E-state index in [9.17, 15) is 18.0 Å². The summed E-state index contributed by atoms with van der Waals surface area (Å²) in [6, 6.07) is 3.04. The summed E-state index contributed by atoms with van der Waals surface area (Å²) in [7, 11) is -3.73. The van der Waals surface area contributed by atoms with Crippen molar-refractivity contribution in [2.45, 2.75) is 13.8 Å². The summed E-state index contributed by atoms with van der Waals surface area (Å²) in [6.45, 7) is 3.11. The maximum atomic E-state index is 11.6. The highest BCUT2D eigenvalue weighted by Gasteiger charge is 2.17. The lowest BCUT2D eigenvalue weighted by Crippen LogP contribution is -2.39. The molecule has 0 aliphatic rings. The Balaban J connectivity index is 2.44. The third-order valence-corrected chi connectivity index (χ3v) is 3.63. The molecule has 1 aromatic heterocycles. The van der Waals surface area contributed by atoms with Crippen LogP contribution in [0.2, 0.25) is 0 Å². The van der Waals surface area contributed by atoms with E-state index >= 15 is 0 Å². The lowest BCUT2D eigenvalue weighted by atomic mass is 10.2. The van der Waals surface area contributed by atoms with Gasteiger partial charge in [0, 0.05) is 30.4 Å². The second-order valence-electron chi connectivity index (χ2n) is 4.43. The van der Waals surface area contributed by atoms with E-state index < -0.39 is 27.8 Å². The third-order valence-electron chi connectivity index (χ3n) is 2.38. The van der Waals surface area contributed by atoms with Gasteiger partial charge in [-0.1, -0.05) is 13.8 Å². The van der Waals surface area contributed by atoms with Gasteiger partial charge in [0.25, 0.3) is 5.91 Å². The van der Waals surface area contributed by atoms with Gasteiger partial charge in [-0.05, 0) is 12.1 Å². The zero-order valence-electron chi connectivity index (χ0n) is 11.3.